The minimum atomic E-state index is -0.563. The number of hydrazine groups is 1. The molecule has 0 aliphatic heterocycles. The molecule has 0 spiro atoms. The Hall–Kier alpha value is -2.71. The molecule has 0 saturated carbocycles. The van der Waals surface area contributed by atoms with Gasteiger partial charge < -0.3 is 5.43 Å². The highest BCUT2D eigenvalue weighted by atomic mass is 79.9. The monoisotopic (exact) mass is 488 g/mol. The first-order chi connectivity index (χ1) is 12.2. The van der Waals surface area contributed by atoms with Gasteiger partial charge in [-0.2, -0.15) is 0 Å². The number of hydrogen-bond donors (Lipinski definition) is 2. The molecule has 0 aliphatic rings. The molecule has 136 valence electrons. The second-order valence-corrected chi connectivity index (χ2v) is 6.50. The summed E-state index contributed by atoms with van der Waals surface area (Å²) in [4.78, 5) is 23.7. The normalized spacial score (nSPS) is 10.2. The average Bonchev–Trinajstić information content (AvgIpc) is 2.95. The van der Waals surface area contributed by atoms with Crippen molar-refractivity contribution in [1.29, 1.82) is 0 Å². The molecule has 0 atom stereocenters. The lowest BCUT2D eigenvalue weighted by atomic mass is 10.4. The molecular formula is C12H10Br2N8O4. The van der Waals surface area contributed by atoms with Crippen molar-refractivity contribution in [3.63, 3.8) is 0 Å². The highest BCUT2D eigenvalue weighted by Crippen LogP contribution is 2.24. The standard InChI is InChI=1S/C7H5BrN4O2.C5H5BrN4O2/c1-4-9-10-7-6(12(13)14)2-5(8)3-11(4)7;6-3-1-4(10(11)12)5(9-7)8-2-3/h2-3H,1H3;1-2H,7H2,(H,8,9). The van der Waals surface area contributed by atoms with Crippen molar-refractivity contribution in [2.24, 2.45) is 5.84 Å². The van der Waals surface area contributed by atoms with E-state index in [2.05, 4.69) is 52.5 Å². The molecule has 0 unspecified atom stereocenters. The number of rotatable bonds is 3. The Morgan fingerprint density at radius 1 is 1.12 bits per heavy atom. The molecule has 0 amide bonds. The van der Waals surface area contributed by atoms with Crippen LogP contribution in [0.25, 0.3) is 5.65 Å². The Labute approximate surface area is 162 Å². The summed E-state index contributed by atoms with van der Waals surface area (Å²) in [6.07, 6.45) is 3.11. The zero-order valence-electron chi connectivity index (χ0n) is 13.0. The quantitative estimate of drug-likeness (QED) is 0.319. The highest BCUT2D eigenvalue weighted by Gasteiger charge is 2.17. The van der Waals surface area contributed by atoms with E-state index in [0.717, 1.165) is 0 Å². The van der Waals surface area contributed by atoms with Crippen LogP contribution < -0.4 is 11.3 Å². The molecule has 0 bridgehead atoms. The Morgan fingerprint density at radius 3 is 2.31 bits per heavy atom. The van der Waals surface area contributed by atoms with Crippen LogP contribution in [0.3, 0.4) is 0 Å². The van der Waals surface area contributed by atoms with Gasteiger partial charge in [-0.05, 0) is 38.8 Å². The molecule has 0 radical (unpaired) electrons. The molecule has 14 heteroatoms. The van der Waals surface area contributed by atoms with Gasteiger partial charge in [0.15, 0.2) is 0 Å². The first-order valence-electron chi connectivity index (χ1n) is 6.66. The van der Waals surface area contributed by atoms with E-state index in [9.17, 15) is 20.2 Å². The number of nitrogens with zero attached hydrogens (tertiary/aromatic N) is 6. The van der Waals surface area contributed by atoms with E-state index in [4.69, 9.17) is 5.84 Å². The molecule has 3 aromatic heterocycles. The van der Waals surface area contributed by atoms with Gasteiger partial charge in [-0.3, -0.25) is 24.6 Å². The van der Waals surface area contributed by atoms with Gasteiger partial charge in [0.2, 0.25) is 11.5 Å². The number of hydrogen-bond acceptors (Lipinski definition) is 9. The van der Waals surface area contributed by atoms with Crippen LogP contribution in [0.15, 0.2) is 33.5 Å². The minimum absolute atomic E-state index is 0.0446. The van der Waals surface area contributed by atoms with Gasteiger partial charge in [0.1, 0.15) is 5.82 Å². The third-order valence-electron chi connectivity index (χ3n) is 2.99. The van der Waals surface area contributed by atoms with Gasteiger partial charge in [-0.1, -0.05) is 0 Å². The van der Waals surface area contributed by atoms with E-state index < -0.39 is 9.85 Å². The summed E-state index contributed by atoms with van der Waals surface area (Å²) in [5, 5.41) is 28.6. The van der Waals surface area contributed by atoms with Gasteiger partial charge in [-0.15, -0.1) is 10.2 Å². The van der Waals surface area contributed by atoms with E-state index in [1.807, 2.05) is 0 Å². The molecule has 3 N–H and O–H groups in total. The van der Waals surface area contributed by atoms with Gasteiger partial charge >= 0.3 is 11.4 Å². The minimum Gasteiger partial charge on any atom is -0.303 e. The number of nitrogen functional groups attached to an aromatic ring is 1. The van der Waals surface area contributed by atoms with Crippen molar-refractivity contribution in [1.82, 2.24) is 19.6 Å². The predicted molar refractivity (Wildman–Crippen MR) is 98.5 cm³/mol. The van der Waals surface area contributed by atoms with E-state index in [-0.39, 0.29) is 22.8 Å². The number of pyridine rings is 2. The lowest BCUT2D eigenvalue weighted by Gasteiger charge is -1.99. The Bertz CT molecular complexity index is 993. The number of nitrogens with two attached hydrogens (primary N) is 1. The van der Waals surface area contributed by atoms with Gasteiger partial charge in [0.25, 0.3) is 0 Å². The van der Waals surface area contributed by atoms with Gasteiger partial charge in [-0.25, -0.2) is 10.8 Å². The van der Waals surface area contributed by atoms with Crippen LogP contribution in [0.1, 0.15) is 5.82 Å². The fourth-order valence-electron chi connectivity index (χ4n) is 1.87. The molecule has 3 heterocycles. The van der Waals surface area contributed by atoms with Gasteiger partial charge in [0, 0.05) is 33.5 Å². The third-order valence-corrected chi connectivity index (χ3v) is 3.85. The third kappa shape index (κ3) is 4.27. The van der Waals surface area contributed by atoms with Crippen LogP contribution in [0, 0.1) is 27.2 Å². The van der Waals surface area contributed by atoms with Crippen LogP contribution in [0.5, 0.6) is 0 Å². The molecular weight excluding hydrogens is 480 g/mol. The number of nitrogens with one attached hydrogen (secondary N) is 1. The fourth-order valence-corrected chi connectivity index (χ4v) is 2.61. The molecule has 3 rings (SSSR count). The Morgan fingerprint density at radius 2 is 1.73 bits per heavy atom. The average molecular weight is 490 g/mol. The molecule has 0 saturated heterocycles. The predicted octanol–water partition coefficient (Wildman–Crippen LogP) is 2.75. The zero-order valence-corrected chi connectivity index (χ0v) is 16.1. The summed E-state index contributed by atoms with van der Waals surface area (Å²) < 4.78 is 2.73. The number of nitro groups is 2. The summed E-state index contributed by atoms with van der Waals surface area (Å²) in [6.45, 7) is 1.73. The largest absolute Gasteiger partial charge is 0.315 e. The van der Waals surface area contributed by atoms with Crippen LogP contribution in [0.4, 0.5) is 17.2 Å². The SMILES string of the molecule is Cc1nnc2c([N+](=O)[O-])cc(Br)cn12.NNc1ncc(Br)cc1[N+](=O)[O-]. The molecule has 3 aromatic rings. The summed E-state index contributed by atoms with van der Waals surface area (Å²) in [5.41, 5.74) is 2.17. The first kappa shape index (κ1) is 19.6. The summed E-state index contributed by atoms with van der Waals surface area (Å²) >= 11 is 6.25. The number of fused-ring (bicyclic) bond motifs is 1. The maximum Gasteiger partial charge on any atom is 0.315 e. The summed E-state index contributed by atoms with van der Waals surface area (Å²) in [7, 11) is 0. The number of anilines is 1. The summed E-state index contributed by atoms with van der Waals surface area (Å²) in [5.74, 6) is 5.67. The van der Waals surface area contributed by atoms with Crippen molar-refractivity contribution < 1.29 is 9.85 Å². The van der Waals surface area contributed by atoms with Crippen molar-refractivity contribution in [2.45, 2.75) is 6.92 Å². The number of aryl methyl sites for hydroxylation is 1. The Kier molecular flexibility index (Phi) is 6.12. The lowest BCUT2D eigenvalue weighted by Crippen LogP contribution is -2.10. The second kappa shape index (κ2) is 8.11. The van der Waals surface area contributed by atoms with E-state index in [1.165, 1.54) is 18.3 Å². The van der Waals surface area contributed by atoms with Crippen molar-refractivity contribution >= 4 is 54.7 Å². The van der Waals surface area contributed by atoms with Gasteiger partial charge in [0.05, 0.1) is 9.85 Å². The van der Waals surface area contributed by atoms with Crippen molar-refractivity contribution in [3.05, 3.63) is 59.5 Å². The van der Waals surface area contributed by atoms with Crippen LogP contribution in [0.2, 0.25) is 0 Å². The van der Waals surface area contributed by atoms with Crippen LogP contribution >= 0.6 is 31.9 Å². The smallest absolute Gasteiger partial charge is 0.303 e. The van der Waals surface area contributed by atoms with E-state index in [1.54, 1.807) is 17.5 Å². The van der Waals surface area contributed by atoms with E-state index in [0.29, 0.717) is 14.8 Å². The molecule has 0 fully saturated rings. The molecule has 0 aromatic carbocycles. The van der Waals surface area contributed by atoms with E-state index >= 15 is 0 Å². The topological polar surface area (TPSA) is 167 Å². The summed E-state index contributed by atoms with van der Waals surface area (Å²) in [6, 6.07) is 2.73. The van der Waals surface area contributed by atoms with Crippen LogP contribution in [-0.2, 0) is 0 Å². The zero-order chi connectivity index (χ0) is 19.4. The van der Waals surface area contributed by atoms with Crippen LogP contribution in [-0.4, -0.2) is 29.4 Å². The molecule has 26 heavy (non-hydrogen) atoms. The Balaban J connectivity index is 0.000000190. The highest BCUT2D eigenvalue weighted by molar-refractivity contribution is 9.10. The number of halogens is 2. The fraction of sp³-hybridized carbons (Fsp3) is 0.0833. The van der Waals surface area contributed by atoms with Crippen molar-refractivity contribution in [3.8, 4) is 0 Å². The second-order valence-electron chi connectivity index (χ2n) is 4.66. The first-order valence-corrected chi connectivity index (χ1v) is 8.25. The van der Waals surface area contributed by atoms with Crippen molar-refractivity contribution in [2.75, 3.05) is 5.43 Å². The molecule has 12 nitrogen and oxygen atoms in total. The number of aromatic nitrogens is 4. The lowest BCUT2D eigenvalue weighted by molar-refractivity contribution is -0.384. The molecule has 0 aliphatic carbocycles. The maximum absolute atomic E-state index is 10.7. The maximum atomic E-state index is 10.7.